The maximum Gasteiger partial charge on any atom is 0.306 e. The van der Waals surface area contributed by atoms with Gasteiger partial charge in [-0.25, -0.2) is 0 Å². The second-order valence-corrected chi connectivity index (χ2v) is 17.1. The zero-order valence-electron chi connectivity index (χ0n) is 38.4. The summed E-state index contributed by atoms with van der Waals surface area (Å²) >= 11 is 0. The third kappa shape index (κ3) is 45.1. The van der Waals surface area contributed by atoms with E-state index in [0.717, 1.165) is 64.2 Å². The van der Waals surface area contributed by atoms with Crippen molar-refractivity contribution < 1.29 is 28.6 Å². The Balaban J connectivity index is 4.33. The van der Waals surface area contributed by atoms with E-state index >= 15 is 0 Å². The van der Waals surface area contributed by atoms with Gasteiger partial charge in [-0.05, 0) is 44.9 Å². The first-order valence-corrected chi connectivity index (χ1v) is 25.2. The van der Waals surface area contributed by atoms with Crippen molar-refractivity contribution in [2.45, 2.75) is 284 Å². The number of hydrogen-bond donors (Lipinski definition) is 0. The first kappa shape index (κ1) is 55.2. The van der Waals surface area contributed by atoms with Gasteiger partial charge in [0.1, 0.15) is 13.2 Å². The van der Waals surface area contributed by atoms with Gasteiger partial charge in [-0.2, -0.15) is 0 Å². The third-order valence-electron chi connectivity index (χ3n) is 11.3. The Labute approximate surface area is 354 Å². The van der Waals surface area contributed by atoms with Gasteiger partial charge in [0, 0.05) is 19.3 Å². The standard InChI is InChI=1S/C51H96O6/c1-4-7-10-13-16-19-22-24-25-27-29-32-35-38-41-44-50(53)56-47-48(46-55-49(52)43-40-37-34-31-28-21-18-15-12-9-6-3)57-51(54)45-42-39-36-33-30-26-23-20-17-14-11-8-5-2/h24-25,48H,4-23,26-47H2,1-3H3/b25-24-. The highest BCUT2D eigenvalue weighted by Gasteiger charge is 2.19. The van der Waals surface area contributed by atoms with E-state index < -0.39 is 6.10 Å². The average Bonchev–Trinajstić information content (AvgIpc) is 3.21. The molecular formula is C51H96O6. The number of esters is 3. The molecule has 0 N–H and O–H groups in total. The van der Waals surface area contributed by atoms with Crippen LogP contribution in [0.4, 0.5) is 0 Å². The molecule has 0 aliphatic rings. The largest absolute Gasteiger partial charge is 0.462 e. The van der Waals surface area contributed by atoms with Crippen LogP contribution in [-0.4, -0.2) is 37.2 Å². The highest BCUT2D eigenvalue weighted by molar-refractivity contribution is 5.71. The van der Waals surface area contributed by atoms with Crippen molar-refractivity contribution in [2.24, 2.45) is 0 Å². The number of carbonyl (C=O) groups excluding carboxylic acids is 3. The van der Waals surface area contributed by atoms with Crippen molar-refractivity contribution in [3.63, 3.8) is 0 Å². The summed E-state index contributed by atoms with van der Waals surface area (Å²) in [5.74, 6) is -0.863. The fourth-order valence-electron chi connectivity index (χ4n) is 7.44. The van der Waals surface area contributed by atoms with Gasteiger partial charge in [-0.15, -0.1) is 0 Å². The summed E-state index contributed by atoms with van der Waals surface area (Å²) < 4.78 is 16.8. The molecule has 0 aliphatic heterocycles. The van der Waals surface area contributed by atoms with Crippen LogP contribution in [-0.2, 0) is 28.6 Å². The van der Waals surface area contributed by atoms with Crippen LogP contribution >= 0.6 is 0 Å². The van der Waals surface area contributed by atoms with Crippen molar-refractivity contribution in [3.8, 4) is 0 Å². The zero-order chi connectivity index (χ0) is 41.5. The van der Waals surface area contributed by atoms with E-state index in [1.807, 2.05) is 0 Å². The summed E-state index contributed by atoms with van der Waals surface area (Å²) in [5.41, 5.74) is 0. The molecule has 0 saturated carbocycles. The summed E-state index contributed by atoms with van der Waals surface area (Å²) in [6, 6.07) is 0. The normalized spacial score (nSPS) is 12.0. The van der Waals surface area contributed by atoms with Gasteiger partial charge >= 0.3 is 17.9 Å². The Morgan fingerprint density at radius 1 is 0.333 bits per heavy atom. The Morgan fingerprint density at radius 3 is 0.877 bits per heavy atom. The van der Waals surface area contributed by atoms with E-state index in [9.17, 15) is 14.4 Å². The summed E-state index contributed by atoms with van der Waals surface area (Å²) in [4.78, 5) is 37.8. The monoisotopic (exact) mass is 805 g/mol. The molecule has 0 aromatic carbocycles. The van der Waals surface area contributed by atoms with Crippen LogP contribution in [0, 0.1) is 0 Å². The van der Waals surface area contributed by atoms with Crippen LogP contribution in [0.25, 0.3) is 0 Å². The molecule has 0 rings (SSSR count). The average molecular weight is 805 g/mol. The lowest BCUT2D eigenvalue weighted by Gasteiger charge is -2.18. The fraction of sp³-hybridized carbons (Fsp3) is 0.902. The van der Waals surface area contributed by atoms with Gasteiger partial charge in [-0.1, -0.05) is 226 Å². The van der Waals surface area contributed by atoms with Crippen LogP contribution in [0.5, 0.6) is 0 Å². The smallest absolute Gasteiger partial charge is 0.306 e. The number of ether oxygens (including phenoxy) is 3. The van der Waals surface area contributed by atoms with E-state index in [1.165, 1.54) is 173 Å². The molecule has 1 unspecified atom stereocenters. The summed E-state index contributed by atoms with van der Waals surface area (Å²) in [7, 11) is 0. The zero-order valence-corrected chi connectivity index (χ0v) is 38.4. The lowest BCUT2D eigenvalue weighted by molar-refractivity contribution is -0.167. The molecule has 0 aromatic rings. The first-order valence-electron chi connectivity index (χ1n) is 25.2. The molecule has 0 saturated heterocycles. The molecule has 0 fully saturated rings. The van der Waals surface area contributed by atoms with Gasteiger partial charge in [0.05, 0.1) is 0 Å². The molecule has 57 heavy (non-hydrogen) atoms. The second kappa shape index (κ2) is 46.8. The first-order chi connectivity index (χ1) is 28.0. The predicted octanol–water partition coefficient (Wildman–Crippen LogP) is 16.2. The highest BCUT2D eigenvalue weighted by Crippen LogP contribution is 2.16. The molecule has 6 heteroatoms. The molecule has 0 heterocycles. The summed E-state index contributed by atoms with van der Waals surface area (Å²) in [6.45, 7) is 6.64. The molecule has 0 aliphatic carbocycles. The molecule has 336 valence electrons. The number of allylic oxidation sites excluding steroid dienone is 2. The van der Waals surface area contributed by atoms with Crippen molar-refractivity contribution in [2.75, 3.05) is 13.2 Å². The van der Waals surface area contributed by atoms with Gasteiger partial charge in [0.25, 0.3) is 0 Å². The predicted molar refractivity (Wildman–Crippen MR) is 243 cm³/mol. The fourth-order valence-corrected chi connectivity index (χ4v) is 7.44. The van der Waals surface area contributed by atoms with Gasteiger partial charge in [-0.3, -0.25) is 14.4 Å². The van der Waals surface area contributed by atoms with E-state index in [2.05, 4.69) is 32.9 Å². The van der Waals surface area contributed by atoms with Crippen molar-refractivity contribution in [3.05, 3.63) is 12.2 Å². The van der Waals surface area contributed by atoms with Gasteiger partial charge in [0.2, 0.25) is 0 Å². The quantitative estimate of drug-likeness (QED) is 0.0264. The minimum absolute atomic E-state index is 0.0676. The number of unbranched alkanes of at least 4 members (excludes halogenated alkanes) is 33. The molecule has 0 spiro atoms. The maximum absolute atomic E-state index is 12.8. The van der Waals surface area contributed by atoms with Gasteiger partial charge in [0.15, 0.2) is 6.10 Å². The van der Waals surface area contributed by atoms with E-state index in [0.29, 0.717) is 19.3 Å². The summed E-state index contributed by atoms with van der Waals surface area (Å²) in [5, 5.41) is 0. The Morgan fingerprint density at radius 2 is 0.579 bits per heavy atom. The maximum atomic E-state index is 12.8. The van der Waals surface area contributed by atoms with Crippen LogP contribution in [0.3, 0.4) is 0 Å². The molecule has 0 amide bonds. The Hall–Kier alpha value is -1.85. The molecule has 6 nitrogen and oxygen atoms in total. The number of carbonyl (C=O) groups is 3. The SMILES string of the molecule is CCCCCCCC/C=C\CCCCCCCC(=O)OCC(COC(=O)CCCCCCCCCCCCC)OC(=O)CCCCCCCCCCCCCCC. The molecule has 0 aromatic heterocycles. The second-order valence-electron chi connectivity index (χ2n) is 17.1. The van der Waals surface area contributed by atoms with Crippen molar-refractivity contribution >= 4 is 17.9 Å². The number of rotatable bonds is 46. The van der Waals surface area contributed by atoms with Crippen molar-refractivity contribution in [1.82, 2.24) is 0 Å². The Bertz CT molecular complexity index is 885. The van der Waals surface area contributed by atoms with E-state index in [4.69, 9.17) is 14.2 Å². The van der Waals surface area contributed by atoms with Gasteiger partial charge < -0.3 is 14.2 Å². The van der Waals surface area contributed by atoms with Crippen LogP contribution in [0.2, 0.25) is 0 Å². The molecular weight excluding hydrogens is 709 g/mol. The topological polar surface area (TPSA) is 78.9 Å². The minimum atomic E-state index is -0.765. The highest BCUT2D eigenvalue weighted by atomic mass is 16.6. The Kier molecular flexibility index (Phi) is 45.3. The van der Waals surface area contributed by atoms with Crippen LogP contribution in [0.15, 0.2) is 12.2 Å². The lowest BCUT2D eigenvalue weighted by Crippen LogP contribution is -2.30. The van der Waals surface area contributed by atoms with E-state index in [-0.39, 0.29) is 31.1 Å². The molecule has 1 atom stereocenters. The van der Waals surface area contributed by atoms with E-state index in [1.54, 1.807) is 0 Å². The third-order valence-corrected chi connectivity index (χ3v) is 11.3. The van der Waals surface area contributed by atoms with Crippen LogP contribution < -0.4 is 0 Å². The number of hydrogen-bond acceptors (Lipinski definition) is 6. The minimum Gasteiger partial charge on any atom is -0.462 e. The summed E-state index contributed by atoms with van der Waals surface area (Å²) in [6.07, 6.45) is 50.4. The van der Waals surface area contributed by atoms with Crippen LogP contribution in [0.1, 0.15) is 278 Å². The molecule has 0 bridgehead atoms. The van der Waals surface area contributed by atoms with Crippen molar-refractivity contribution in [1.29, 1.82) is 0 Å². The lowest BCUT2D eigenvalue weighted by atomic mass is 10.0. The molecule has 0 radical (unpaired) electrons.